The van der Waals surface area contributed by atoms with Crippen molar-refractivity contribution in [2.24, 2.45) is 0 Å². The van der Waals surface area contributed by atoms with E-state index in [-0.39, 0.29) is 0 Å². The number of hydrogen-bond donors (Lipinski definition) is 0. The highest BCUT2D eigenvalue weighted by molar-refractivity contribution is 4.98. The molecule has 0 N–H and O–H groups in total. The second-order valence-corrected chi connectivity index (χ2v) is 4.89. The van der Waals surface area contributed by atoms with Gasteiger partial charge in [-0.1, -0.05) is 71.6 Å². The zero-order valence-electron chi connectivity index (χ0n) is 11.9. The standard InChI is InChI=1S/C17H31/c1-3-5-7-9-11-13-15-17-16-14-12-10-8-6-4-2/h1,3-15H2,2H3. The van der Waals surface area contributed by atoms with Crippen molar-refractivity contribution in [1.29, 1.82) is 0 Å². The van der Waals surface area contributed by atoms with Crippen LogP contribution < -0.4 is 0 Å². The SMILES string of the molecule is [CH2]CCCCCCCC#CCCCCCCC. The molecular weight excluding hydrogens is 204 g/mol. The van der Waals surface area contributed by atoms with Crippen LogP contribution in [0.4, 0.5) is 0 Å². The van der Waals surface area contributed by atoms with Crippen molar-refractivity contribution in [3.05, 3.63) is 6.92 Å². The highest BCUT2D eigenvalue weighted by Gasteiger charge is 1.88. The lowest BCUT2D eigenvalue weighted by molar-refractivity contribution is 0.623. The van der Waals surface area contributed by atoms with Crippen LogP contribution >= 0.6 is 0 Å². The molecule has 0 bridgehead atoms. The molecule has 0 saturated carbocycles. The molecule has 17 heavy (non-hydrogen) atoms. The largest absolute Gasteiger partial charge is 0.103 e. The van der Waals surface area contributed by atoms with Gasteiger partial charge in [-0.25, -0.2) is 0 Å². The molecule has 0 fully saturated rings. The fourth-order valence-electron chi connectivity index (χ4n) is 1.91. The van der Waals surface area contributed by atoms with Crippen LogP contribution in [0.5, 0.6) is 0 Å². The second kappa shape index (κ2) is 15.6. The van der Waals surface area contributed by atoms with Gasteiger partial charge in [0, 0.05) is 12.8 Å². The summed E-state index contributed by atoms with van der Waals surface area (Å²) in [6, 6.07) is 0. The van der Waals surface area contributed by atoms with Gasteiger partial charge < -0.3 is 0 Å². The summed E-state index contributed by atoms with van der Waals surface area (Å²) < 4.78 is 0. The second-order valence-electron chi connectivity index (χ2n) is 4.89. The number of hydrogen-bond acceptors (Lipinski definition) is 0. The van der Waals surface area contributed by atoms with E-state index in [9.17, 15) is 0 Å². The molecule has 0 rings (SSSR count). The van der Waals surface area contributed by atoms with Crippen LogP contribution in [-0.2, 0) is 0 Å². The fraction of sp³-hybridized carbons (Fsp3) is 0.824. The molecule has 0 amide bonds. The monoisotopic (exact) mass is 235 g/mol. The van der Waals surface area contributed by atoms with E-state index in [0.717, 1.165) is 19.3 Å². The zero-order valence-corrected chi connectivity index (χ0v) is 11.9. The van der Waals surface area contributed by atoms with Gasteiger partial charge in [0.2, 0.25) is 0 Å². The third-order valence-electron chi connectivity index (χ3n) is 3.08. The van der Waals surface area contributed by atoms with Crippen molar-refractivity contribution in [2.45, 2.75) is 90.4 Å². The first kappa shape index (κ1) is 16.6. The summed E-state index contributed by atoms with van der Waals surface area (Å²) in [5, 5.41) is 0. The Balaban J connectivity index is 3.04. The normalized spacial score (nSPS) is 10.0. The van der Waals surface area contributed by atoms with Crippen LogP contribution in [0.2, 0.25) is 0 Å². The molecule has 0 heterocycles. The van der Waals surface area contributed by atoms with Crippen molar-refractivity contribution in [3.8, 4) is 11.8 Å². The Kier molecular flexibility index (Phi) is 15.2. The lowest BCUT2D eigenvalue weighted by atomic mass is 10.1. The third-order valence-corrected chi connectivity index (χ3v) is 3.08. The molecule has 0 atom stereocenters. The molecule has 0 unspecified atom stereocenters. The maximum absolute atomic E-state index is 3.86. The first-order valence-electron chi connectivity index (χ1n) is 7.66. The van der Waals surface area contributed by atoms with E-state index in [0.29, 0.717) is 0 Å². The van der Waals surface area contributed by atoms with E-state index in [4.69, 9.17) is 0 Å². The average Bonchev–Trinajstić information content (AvgIpc) is 2.35. The minimum atomic E-state index is 1.10. The summed E-state index contributed by atoms with van der Waals surface area (Å²) in [7, 11) is 0. The molecule has 0 spiro atoms. The molecule has 0 nitrogen and oxygen atoms in total. The summed E-state index contributed by atoms with van der Waals surface area (Å²) >= 11 is 0. The predicted molar refractivity (Wildman–Crippen MR) is 78.8 cm³/mol. The van der Waals surface area contributed by atoms with Crippen molar-refractivity contribution in [2.75, 3.05) is 0 Å². The van der Waals surface area contributed by atoms with E-state index >= 15 is 0 Å². The van der Waals surface area contributed by atoms with Gasteiger partial charge in [-0.15, -0.1) is 11.8 Å². The van der Waals surface area contributed by atoms with Crippen molar-refractivity contribution < 1.29 is 0 Å². The molecule has 0 aliphatic carbocycles. The van der Waals surface area contributed by atoms with E-state index < -0.39 is 0 Å². The van der Waals surface area contributed by atoms with Crippen molar-refractivity contribution >= 4 is 0 Å². The van der Waals surface area contributed by atoms with E-state index in [2.05, 4.69) is 25.7 Å². The summed E-state index contributed by atoms with van der Waals surface area (Å²) in [5.41, 5.74) is 0. The Morgan fingerprint density at radius 3 is 1.65 bits per heavy atom. The van der Waals surface area contributed by atoms with Crippen molar-refractivity contribution in [1.82, 2.24) is 0 Å². The fourth-order valence-corrected chi connectivity index (χ4v) is 1.91. The molecule has 0 aromatic carbocycles. The Bertz CT molecular complexity index is 182. The van der Waals surface area contributed by atoms with Crippen molar-refractivity contribution in [3.63, 3.8) is 0 Å². The molecular formula is C17H31. The van der Waals surface area contributed by atoms with E-state index in [1.165, 1.54) is 64.2 Å². The number of unbranched alkanes of at least 4 members (excludes halogenated alkanes) is 11. The van der Waals surface area contributed by atoms with Crippen LogP contribution in [0, 0.1) is 18.8 Å². The molecule has 0 aromatic heterocycles. The van der Waals surface area contributed by atoms with Gasteiger partial charge in [-0.3, -0.25) is 0 Å². The molecule has 0 aliphatic heterocycles. The van der Waals surface area contributed by atoms with E-state index in [1.54, 1.807) is 0 Å². The van der Waals surface area contributed by atoms with Gasteiger partial charge in [0.25, 0.3) is 0 Å². The van der Waals surface area contributed by atoms with Gasteiger partial charge in [0.1, 0.15) is 0 Å². The maximum Gasteiger partial charge on any atom is 0.00886 e. The van der Waals surface area contributed by atoms with Crippen LogP contribution in [0.3, 0.4) is 0 Å². The minimum absolute atomic E-state index is 1.10. The summed E-state index contributed by atoms with van der Waals surface area (Å²) in [6.45, 7) is 6.12. The maximum atomic E-state index is 3.86. The van der Waals surface area contributed by atoms with E-state index in [1.807, 2.05) is 0 Å². The quantitative estimate of drug-likeness (QED) is 0.308. The summed E-state index contributed by atoms with van der Waals surface area (Å²) in [6.07, 6.45) is 16.8. The third kappa shape index (κ3) is 15.6. The van der Waals surface area contributed by atoms with Gasteiger partial charge in [0.15, 0.2) is 0 Å². The van der Waals surface area contributed by atoms with Gasteiger partial charge >= 0.3 is 0 Å². The lowest BCUT2D eigenvalue weighted by Crippen LogP contribution is -1.78. The molecule has 0 saturated heterocycles. The lowest BCUT2D eigenvalue weighted by Gasteiger charge is -1.96. The van der Waals surface area contributed by atoms with Gasteiger partial charge in [-0.2, -0.15) is 0 Å². The average molecular weight is 235 g/mol. The van der Waals surface area contributed by atoms with Crippen LogP contribution in [0.25, 0.3) is 0 Å². The van der Waals surface area contributed by atoms with Crippen LogP contribution in [0.15, 0.2) is 0 Å². The Morgan fingerprint density at radius 2 is 1.12 bits per heavy atom. The Labute approximate surface area is 110 Å². The number of rotatable bonds is 11. The Morgan fingerprint density at radius 1 is 0.647 bits per heavy atom. The molecule has 1 radical (unpaired) electrons. The first-order chi connectivity index (χ1) is 8.41. The highest BCUT2D eigenvalue weighted by atomic mass is 13.9. The smallest absolute Gasteiger partial charge is 0.00886 e. The van der Waals surface area contributed by atoms with Crippen LogP contribution in [0.1, 0.15) is 90.4 Å². The predicted octanol–water partition coefficient (Wildman–Crippen LogP) is 5.92. The summed E-state index contributed by atoms with van der Waals surface area (Å²) in [5.74, 6) is 6.61. The Hall–Kier alpha value is -0.440. The molecule has 0 aromatic rings. The molecule has 99 valence electrons. The first-order valence-corrected chi connectivity index (χ1v) is 7.66. The zero-order chi connectivity index (χ0) is 12.6. The topological polar surface area (TPSA) is 0 Å². The molecule has 0 aliphatic rings. The summed E-state index contributed by atoms with van der Waals surface area (Å²) in [4.78, 5) is 0. The highest BCUT2D eigenvalue weighted by Crippen LogP contribution is 2.06. The van der Waals surface area contributed by atoms with Crippen LogP contribution in [-0.4, -0.2) is 0 Å². The van der Waals surface area contributed by atoms with Gasteiger partial charge in [0.05, 0.1) is 0 Å². The molecule has 0 heteroatoms. The van der Waals surface area contributed by atoms with Gasteiger partial charge in [-0.05, 0) is 12.8 Å². The minimum Gasteiger partial charge on any atom is -0.103 e.